The number of esters is 1. The minimum atomic E-state index is -0.505. The zero-order valence-corrected chi connectivity index (χ0v) is 11.4. The van der Waals surface area contributed by atoms with E-state index in [-0.39, 0.29) is 11.9 Å². The van der Waals surface area contributed by atoms with Gasteiger partial charge in [0.25, 0.3) is 0 Å². The number of methoxy groups -OCH3 is 1. The van der Waals surface area contributed by atoms with Gasteiger partial charge >= 0.3 is 5.97 Å². The normalized spacial score (nSPS) is 12.3. The topological polar surface area (TPSA) is 55.4 Å². The first-order valence-corrected chi connectivity index (χ1v) is 6.38. The van der Waals surface area contributed by atoms with Crippen LogP contribution >= 0.6 is 0 Å². The highest BCUT2D eigenvalue weighted by atomic mass is 16.5. The van der Waals surface area contributed by atoms with Crippen molar-refractivity contribution in [2.45, 2.75) is 58.9 Å². The number of carbonyl (C=O) groups is 2. The first-order chi connectivity index (χ1) is 8.01. The molecule has 0 bridgehead atoms. The average Bonchev–Trinajstić information content (AvgIpc) is 2.27. The summed E-state index contributed by atoms with van der Waals surface area (Å²) in [5.74, 6) is -0.0768. The monoisotopic (exact) mass is 243 g/mol. The van der Waals surface area contributed by atoms with Crippen molar-refractivity contribution in [2.75, 3.05) is 7.11 Å². The Balaban J connectivity index is 4.13. The SMILES string of the molecule is CCCCCC(=O)N[C@@H](CC(C)C)C(=O)OC. The van der Waals surface area contributed by atoms with E-state index in [4.69, 9.17) is 0 Å². The van der Waals surface area contributed by atoms with Crippen LogP contribution in [0.3, 0.4) is 0 Å². The fraction of sp³-hybridized carbons (Fsp3) is 0.846. The van der Waals surface area contributed by atoms with Crippen LogP contribution in [0.25, 0.3) is 0 Å². The molecule has 0 aliphatic rings. The molecular weight excluding hydrogens is 218 g/mol. The number of nitrogens with one attached hydrogen (secondary N) is 1. The van der Waals surface area contributed by atoms with Crippen molar-refractivity contribution >= 4 is 11.9 Å². The molecule has 0 saturated heterocycles. The van der Waals surface area contributed by atoms with Crippen LogP contribution in [0.15, 0.2) is 0 Å². The quantitative estimate of drug-likeness (QED) is 0.525. The summed E-state index contributed by atoms with van der Waals surface area (Å²) in [6.45, 7) is 6.12. The summed E-state index contributed by atoms with van der Waals surface area (Å²) in [6, 6.07) is -0.505. The molecule has 0 aliphatic carbocycles. The minimum Gasteiger partial charge on any atom is -0.467 e. The molecule has 0 unspecified atom stereocenters. The van der Waals surface area contributed by atoms with Gasteiger partial charge in [-0.15, -0.1) is 0 Å². The number of carbonyl (C=O) groups excluding carboxylic acids is 2. The van der Waals surface area contributed by atoms with Crippen LogP contribution in [-0.2, 0) is 14.3 Å². The fourth-order valence-electron chi connectivity index (χ4n) is 1.63. The highest BCUT2D eigenvalue weighted by Crippen LogP contribution is 2.07. The molecule has 0 radical (unpaired) electrons. The number of amides is 1. The Labute approximate surface area is 104 Å². The zero-order valence-electron chi connectivity index (χ0n) is 11.4. The molecule has 0 rings (SSSR count). The van der Waals surface area contributed by atoms with Gasteiger partial charge in [-0.05, 0) is 18.8 Å². The molecule has 100 valence electrons. The minimum absolute atomic E-state index is 0.0606. The molecule has 0 heterocycles. The molecule has 0 saturated carbocycles. The second-order valence-electron chi connectivity index (χ2n) is 4.73. The Morgan fingerprint density at radius 1 is 1.24 bits per heavy atom. The van der Waals surface area contributed by atoms with E-state index in [1.54, 1.807) is 0 Å². The van der Waals surface area contributed by atoms with E-state index in [0.717, 1.165) is 19.3 Å². The van der Waals surface area contributed by atoms with E-state index in [0.29, 0.717) is 18.8 Å². The predicted octanol–water partition coefficient (Wildman–Crippen LogP) is 2.27. The summed E-state index contributed by atoms with van der Waals surface area (Å²) in [4.78, 5) is 23.1. The molecule has 0 aromatic rings. The number of hydrogen-bond acceptors (Lipinski definition) is 3. The van der Waals surface area contributed by atoms with E-state index in [1.807, 2.05) is 13.8 Å². The van der Waals surface area contributed by atoms with E-state index >= 15 is 0 Å². The van der Waals surface area contributed by atoms with Gasteiger partial charge in [0, 0.05) is 6.42 Å². The van der Waals surface area contributed by atoms with Crippen LogP contribution in [0.1, 0.15) is 52.9 Å². The molecule has 4 nitrogen and oxygen atoms in total. The molecule has 0 spiro atoms. The summed E-state index contributed by atoms with van der Waals surface area (Å²) in [5, 5.41) is 2.74. The third-order valence-corrected chi connectivity index (χ3v) is 2.54. The number of rotatable bonds is 8. The third-order valence-electron chi connectivity index (χ3n) is 2.54. The Bertz CT molecular complexity index is 239. The van der Waals surface area contributed by atoms with Crippen molar-refractivity contribution in [3.8, 4) is 0 Å². The lowest BCUT2D eigenvalue weighted by Crippen LogP contribution is -2.42. The molecule has 1 N–H and O–H groups in total. The summed E-state index contributed by atoms with van der Waals surface area (Å²) < 4.78 is 4.69. The molecule has 1 amide bonds. The van der Waals surface area contributed by atoms with E-state index in [9.17, 15) is 9.59 Å². The van der Waals surface area contributed by atoms with Crippen molar-refractivity contribution < 1.29 is 14.3 Å². The first-order valence-electron chi connectivity index (χ1n) is 6.38. The first kappa shape index (κ1) is 15.9. The summed E-state index contributed by atoms with van der Waals surface area (Å²) in [7, 11) is 1.35. The maximum Gasteiger partial charge on any atom is 0.328 e. The van der Waals surface area contributed by atoms with Gasteiger partial charge in [0.05, 0.1) is 7.11 Å². The number of ether oxygens (including phenoxy) is 1. The smallest absolute Gasteiger partial charge is 0.328 e. The molecule has 0 fully saturated rings. The highest BCUT2D eigenvalue weighted by Gasteiger charge is 2.22. The standard InChI is InChI=1S/C13H25NO3/c1-5-6-7-8-12(15)14-11(9-10(2)3)13(16)17-4/h10-11H,5-9H2,1-4H3,(H,14,15)/t11-/m0/s1. The van der Waals surface area contributed by atoms with Crippen LogP contribution in [-0.4, -0.2) is 25.0 Å². The van der Waals surface area contributed by atoms with Gasteiger partial charge in [-0.3, -0.25) is 4.79 Å². The largest absolute Gasteiger partial charge is 0.467 e. The van der Waals surface area contributed by atoms with Crippen molar-refractivity contribution in [3.63, 3.8) is 0 Å². The molecule has 0 aliphatic heterocycles. The van der Waals surface area contributed by atoms with Crippen LogP contribution in [0.4, 0.5) is 0 Å². The predicted molar refractivity (Wildman–Crippen MR) is 67.5 cm³/mol. The lowest BCUT2D eigenvalue weighted by molar-refractivity contribution is -0.145. The Morgan fingerprint density at radius 3 is 2.35 bits per heavy atom. The van der Waals surface area contributed by atoms with Crippen LogP contribution in [0.2, 0.25) is 0 Å². The van der Waals surface area contributed by atoms with Gasteiger partial charge in [0.2, 0.25) is 5.91 Å². The van der Waals surface area contributed by atoms with Gasteiger partial charge in [-0.2, -0.15) is 0 Å². The third kappa shape index (κ3) is 7.77. The van der Waals surface area contributed by atoms with Gasteiger partial charge < -0.3 is 10.1 Å². The average molecular weight is 243 g/mol. The lowest BCUT2D eigenvalue weighted by atomic mass is 10.0. The van der Waals surface area contributed by atoms with Crippen LogP contribution < -0.4 is 5.32 Å². The second-order valence-corrected chi connectivity index (χ2v) is 4.73. The number of unbranched alkanes of at least 4 members (excludes halogenated alkanes) is 2. The van der Waals surface area contributed by atoms with Gasteiger partial charge in [0.15, 0.2) is 0 Å². The summed E-state index contributed by atoms with van der Waals surface area (Å²) in [6.07, 6.45) is 4.10. The second kappa shape index (κ2) is 9.02. The maximum absolute atomic E-state index is 11.6. The van der Waals surface area contributed by atoms with Gasteiger partial charge in [0.1, 0.15) is 6.04 Å². The summed E-state index contributed by atoms with van der Waals surface area (Å²) in [5.41, 5.74) is 0. The number of hydrogen-bond donors (Lipinski definition) is 1. The van der Waals surface area contributed by atoms with Crippen molar-refractivity contribution in [1.82, 2.24) is 5.32 Å². The lowest BCUT2D eigenvalue weighted by Gasteiger charge is -2.18. The van der Waals surface area contributed by atoms with Crippen LogP contribution in [0.5, 0.6) is 0 Å². The fourth-order valence-corrected chi connectivity index (χ4v) is 1.63. The Kier molecular flexibility index (Phi) is 8.46. The van der Waals surface area contributed by atoms with Crippen molar-refractivity contribution in [1.29, 1.82) is 0 Å². The maximum atomic E-state index is 11.6. The Hall–Kier alpha value is -1.06. The molecule has 0 aromatic carbocycles. The molecule has 4 heteroatoms. The van der Waals surface area contributed by atoms with E-state index in [2.05, 4.69) is 17.0 Å². The van der Waals surface area contributed by atoms with E-state index < -0.39 is 6.04 Å². The molecule has 1 atom stereocenters. The molecular formula is C13H25NO3. The van der Waals surface area contributed by atoms with Crippen molar-refractivity contribution in [3.05, 3.63) is 0 Å². The van der Waals surface area contributed by atoms with E-state index in [1.165, 1.54) is 7.11 Å². The van der Waals surface area contributed by atoms with Gasteiger partial charge in [-0.1, -0.05) is 33.6 Å². The summed E-state index contributed by atoms with van der Waals surface area (Å²) >= 11 is 0. The Morgan fingerprint density at radius 2 is 1.88 bits per heavy atom. The molecule has 0 aromatic heterocycles. The highest BCUT2D eigenvalue weighted by molar-refractivity contribution is 5.84. The van der Waals surface area contributed by atoms with Gasteiger partial charge in [-0.25, -0.2) is 4.79 Å². The molecule has 17 heavy (non-hydrogen) atoms. The van der Waals surface area contributed by atoms with Crippen LogP contribution in [0, 0.1) is 5.92 Å². The zero-order chi connectivity index (χ0) is 13.3. The van der Waals surface area contributed by atoms with Crippen molar-refractivity contribution in [2.24, 2.45) is 5.92 Å².